The Balaban J connectivity index is 2.61. The van der Waals surface area contributed by atoms with Crippen LogP contribution in [0.4, 0.5) is 0 Å². The molecule has 0 saturated heterocycles. The Bertz CT molecular complexity index is 582. The van der Waals surface area contributed by atoms with Gasteiger partial charge in [-0.3, -0.25) is 4.98 Å². The molecule has 0 unspecified atom stereocenters. The molecule has 1 heterocycles. The molecule has 0 fully saturated rings. The number of aryl methyl sites for hydroxylation is 1. The molecule has 2 aromatic rings. The van der Waals surface area contributed by atoms with E-state index in [1.165, 1.54) is 0 Å². The maximum atomic E-state index is 5.41. The molecule has 0 aliphatic heterocycles. The molecule has 0 radical (unpaired) electrons. The first-order chi connectivity index (χ1) is 8.24. The van der Waals surface area contributed by atoms with Crippen molar-refractivity contribution in [1.29, 1.82) is 0 Å². The van der Waals surface area contributed by atoms with E-state index >= 15 is 0 Å². The minimum Gasteiger partial charge on any atom is -0.496 e. The fraction of sp³-hybridized carbons (Fsp3) is 0.133. The lowest BCUT2D eigenvalue weighted by molar-refractivity contribution is 0.416. The Morgan fingerprint density at radius 2 is 2.06 bits per heavy atom. The lowest BCUT2D eigenvalue weighted by Gasteiger charge is -2.09. The summed E-state index contributed by atoms with van der Waals surface area (Å²) in [6.45, 7) is 1.96. The van der Waals surface area contributed by atoms with Crippen LogP contribution in [0.5, 0.6) is 5.75 Å². The van der Waals surface area contributed by atoms with Gasteiger partial charge in [-0.1, -0.05) is 12.0 Å². The van der Waals surface area contributed by atoms with Crippen LogP contribution in [0.1, 0.15) is 11.3 Å². The molecule has 0 atom stereocenters. The Morgan fingerprint density at radius 1 is 1.24 bits per heavy atom. The highest BCUT2D eigenvalue weighted by atomic mass is 16.5. The summed E-state index contributed by atoms with van der Waals surface area (Å²) in [4.78, 5) is 4.48. The number of benzene rings is 1. The van der Waals surface area contributed by atoms with E-state index in [-0.39, 0.29) is 0 Å². The number of nitrogens with zero attached hydrogens (tertiary/aromatic N) is 1. The van der Waals surface area contributed by atoms with E-state index < -0.39 is 0 Å². The van der Waals surface area contributed by atoms with Crippen molar-refractivity contribution >= 4 is 0 Å². The number of ether oxygens (including phenoxy) is 1. The molecule has 0 saturated carbocycles. The number of methoxy groups -OCH3 is 1. The minimum absolute atomic E-state index is 0.780. The predicted octanol–water partition coefficient (Wildman–Crippen LogP) is 3.05. The molecule has 0 spiro atoms. The van der Waals surface area contributed by atoms with Gasteiger partial charge in [-0.2, -0.15) is 0 Å². The Hall–Kier alpha value is -2.27. The van der Waals surface area contributed by atoms with Crippen LogP contribution in [0, 0.1) is 19.3 Å². The fourth-order valence-corrected chi connectivity index (χ4v) is 1.69. The zero-order valence-corrected chi connectivity index (χ0v) is 9.90. The number of hydrogen-bond acceptors (Lipinski definition) is 2. The lowest BCUT2D eigenvalue weighted by atomic mass is 10.1. The third kappa shape index (κ3) is 2.29. The second-order valence-corrected chi connectivity index (χ2v) is 3.72. The quantitative estimate of drug-likeness (QED) is 0.730. The van der Waals surface area contributed by atoms with Crippen molar-refractivity contribution in [3.63, 3.8) is 0 Å². The molecule has 2 rings (SSSR count). The van der Waals surface area contributed by atoms with Gasteiger partial charge in [-0.15, -0.1) is 6.42 Å². The monoisotopic (exact) mass is 223 g/mol. The highest BCUT2D eigenvalue weighted by Gasteiger charge is 2.07. The number of aromatic nitrogens is 1. The second kappa shape index (κ2) is 4.71. The van der Waals surface area contributed by atoms with E-state index in [9.17, 15) is 0 Å². The molecule has 17 heavy (non-hydrogen) atoms. The van der Waals surface area contributed by atoms with Gasteiger partial charge in [0.2, 0.25) is 0 Å². The molecule has 0 aliphatic carbocycles. The zero-order chi connectivity index (χ0) is 12.3. The maximum Gasteiger partial charge on any atom is 0.128 e. The summed E-state index contributed by atoms with van der Waals surface area (Å²) in [7, 11) is 1.64. The fourth-order valence-electron chi connectivity index (χ4n) is 1.69. The van der Waals surface area contributed by atoms with Crippen molar-refractivity contribution in [1.82, 2.24) is 4.98 Å². The molecule has 1 aromatic heterocycles. The normalized spacial score (nSPS) is 9.71. The van der Waals surface area contributed by atoms with Gasteiger partial charge < -0.3 is 4.74 Å². The van der Waals surface area contributed by atoms with Crippen LogP contribution in [0.25, 0.3) is 11.3 Å². The van der Waals surface area contributed by atoms with Gasteiger partial charge in [0.25, 0.3) is 0 Å². The van der Waals surface area contributed by atoms with Crippen LogP contribution in [0.3, 0.4) is 0 Å². The van der Waals surface area contributed by atoms with Gasteiger partial charge in [0.1, 0.15) is 5.75 Å². The summed E-state index contributed by atoms with van der Waals surface area (Å²) >= 11 is 0. The van der Waals surface area contributed by atoms with Crippen molar-refractivity contribution in [2.75, 3.05) is 7.11 Å². The van der Waals surface area contributed by atoms with Crippen molar-refractivity contribution < 1.29 is 4.74 Å². The molecule has 1 aromatic carbocycles. The van der Waals surface area contributed by atoms with Crippen LogP contribution >= 0.6 is 0 Å². The maximum absolute atomic E-state index is 5.41. The molecule has 0 bridgehead atoms. The SMILES string of the molecule is C#Cc1ccc(OC)c(-c2cccc(C)n2)c1. The highest BCUT2D eigenvalue weighted by Crippen LogP contribution is 2.29. The van der Waals surface area contributed by atoms with Gasteiger partial charge >= 0.3 is 0 Å². The van der Waals surface area contributed by atoms with E-state index in [0.29, 0.717) is 0 Å². The van der Waals surface area contributed by atoms with Crippen LogP contribution in [-0.4, -0.2) is 12.1 Å². The molecular weight excluding hydrogens is 210 g/mol. The number of terminal acetylenes is 1. The van der Waals surface area contributed by atoms with E-state index in [0.717, 1.165) is 28.3 Å². The third-order valence-corrected chi connectivity index (χ3v) is 2.53. The largest absolute Gasteiger partial charge is 0.496 e. The number of hydrogen-bond donors (Lipinski definition) is 0. The third-order valence-electron chi connectivity index (χ3n) is 2.53. The van der Waals surface area contributed by atoms with Gasteiger partial charge in [0.05, 0.1) is 12.8 Å². The molecule has 2 nitrogen and oxygen atoms in total. The first-order valence-corrected chi connectivity index (χ1v) is 5.33. The summed E-state index contributed by atoms with van der Waals surface area (Å²) in [5, 5.41) is 0. The van der Waals surface area contributed by atoms with Crippen LogP contribution in [-0.2, 0) is 0 Å². The Labute approximate surface area is 101 Å². The van der Waals surface area contributed by atoms with Crippen molar-refractivity contribution in [2.45, 2.75) is 6.92 Å². The Kier molecular flexibility index (Phi) is 3.11. The summed E-state index contributed by atoms with van der Waals surface area (Å²) in [6, 6.07) is 11.5. The van der Waals surface area contributed by atoms with Crippen molar-refractivity contribution in [2.24, 2.45) is 0 Å². The highest BCUT2D eigenvalue weighted by molar-refractivity contribution is 5.69. The molecular formula is C15H13NO. The van der Waals surface area contributed by atoms with E-state index in [1.807, 2.05) is 43.3 Å². The lowest BCUT2D eigenvalue weighted by Crippen LogP contribution is -1.92. The molecule has 0 amide bonds. The molecule has 2 heteroatoms. The standard InChI is InChI=1S/C15H13NO/c1-4-12-8-9-15(17-3)13(10-12)14-7-5-6-11(2)16-14/h1,5-10H,2-3H3. The smallest absolute Gasteiger partial charge is 0.128 e. The number of pyridine rings is 1. The topological polar surface area (TPSA) is 22.1 Å². The number of rotatable bonds is 2. The first-order valence-electron chi connectivity index (χ1n) is 5.33. The zero-order valence-electron chi connectivity index (χ0n) is 9.90. The average Bonchev–Trinajstić information content (AvgIpc) is 2.38. The van der Waals surface area contributed by atoms with Crippen molar-refractivity contribution in [3.05, 3.63) is 47.7 Å². The first kappa shape index (κ1) is 11.2. The van der Waals surface area contributed by atoms with Gasteiger partial charge in [-0.25, -0.2) is 0 Å². The van der Waals surface area contributed by atoms with Gasteiger partial charge in [0.15, 0.2) is 0 Å². The van der Waals surface area contributed by atoms with E-state index in [4.69, 9.17) is 11.2 Å². The minimum atomic E-state index is 0.780. The summed E-state index contributed by atoms with van der Waals surface area (Å²) in [6.07, 6.45) is 5.41. The summed E-state index contributed by atoms with van der Waals surface area (Å²) in [5.41, 5.74) is 3.59. The van der Waals surface area contributed by atoms with Gasteiger partial charge in [-0.05, 0) is 37.3 Å². The molecule has 84 valence electrons. The van der Waals surface area contributed by atoms with Crippen LogP contribution in [0.15, 0.2) is 36.4 Å². The van der Waals surface area contributed by atoms with E-state index in [2.05, 4.69) is 10.9 Å². The second-order valence-electron chi connectivity index (χ2n) is 3.72. The van der Waals surface area contributed by atoms with Gasteiger partial charge in [0, 0.05) is 16.8 Å². The molecule has 0 aliphatic rings. The van der Waals surface area contributed by atoms with Crippen LogP contribution < -0.4 is 4.74 Å². The van der Waals surface area contributed by atoms with E-state index in [1.54, 1.807) is 7.11 Å². The Morgan fingerprint density at radius 3 is 2.71 bits per heavy atom. The van der Waals surface area contributed by atoms with Crippen molar-refractivity contribution in [3.8, 4) is 29.4 Å². The summed E-state index contributed by atoms with van der Waals surface area (Å²) < 4.78 is 5.33. The average molecular weight is 223 g/mol. The summed E-state index contributed by atoms with van der Waals surface area (Å²) in [5.74, 6) is 3.40. The predicted molar refractivity (Wildman–Crippen MR) is 68.9 cm³/mol. The van der Waals surface area contributed by atoms with Crippen LogP contribution in [0.2, 0.25) is 0 Å². The molecule has 0 N–H and O–H groups in total.